The number of fused-ring (bicyclic) bond motifs is 1. The molecule has 220 valence electrons. The summed E-state index contributed by atoms with van der Waals surface area (Å²) < 4.78 is 11.1. The molecule has 42 heavy (non-hydrogen) atoms. The van der Waals surface area contributed by atoms with Crippen molar-refractivity contribution in [2.24, 2.45) is 5.73 Å². The molecule has 11 nitrogen and oxygen atoms in total. The average molecular weight is 572 g/mol. The molecule has 1 amide bonds. The van der Waals surface area contributed by atoms with Crippen LogP contribution in [0.25, 0.3) is 11.0 Å². The number of pyridine rings is 1. The van der Waals surface area contributed by atoms with Crippen LogP contribution < -0.4 is 20.7 Å². The fraction of sp³-hybridized carbons (Fsp3) is 0.323. The second-order valence-corrected chi connectivity index (χ2v) is 9.85. The molecule has 5 N–H and O–H groups in total. The van der Waals surface area contributed by atoms with E-state index in [-0.39, 0.29) is 24.8 Å². The Kier molecular flexibility index (Phi) is 10.5. The molecule has 0 aliphatic heterocycles. The van der Waals surface area contributed by atoms with Gasteiger partial charge in [0.25, 0.3) is 0 Å². The molecule has 0 spiro atoms. The van der Waals surface area contributed by atoms with Crippen LogP contribution in [-0.2, 0) is 16.1 Å². The van der Waals surface area contributed by atoms with Gasteiger partial charge in [-0.1, -0.05) is 32.3 Å². The number of amidine groups is 1. The Morgan fingerprint density at radius 3 is 2.60 bits per heavy atom. The molecule has 0 aliphatic carbocycles. The lowest BCUT2D eigenvalue weighted by molar-refractivity contribution is -0.143. The third-order valence-electron chi connectivity index (χ3n) is 6.71. The highest BCUT2D eigenvalue weighted by molar-refractivity contribution is 5.95. The molecular formula is C31H37N7O4. The number of nitrogen functional groups attached to an aromatic ring is 1. The Labute approximate surface area is 245 Å². The maximum absolute atomic E-state index is 13.3. The van der Waals surface area contributed by atoms with Crippen molar-refractivity contribution in [3.8, 4) is 5.75 Å². The van der Waals surface area contributed by atoms with Crippen LogP contribution >= 0.6 is 0 Å². The number of nitrogens with zero attached hydrogens (tertiary/aromatic N) is 3. The summed E-state index contributed by atoms with van der Waals surface area (Å²) in [4.78, 5) is 39.3. The number of esters is 1. The number of ether oxygens (including phenoxy) is 2. The van der Waals surface area contributed by atoms with E-state index in [0.717, 1.165) is 36.9 Å². The van der Waals surface area contributed by atoms with Crippen molar-refractivity contribution in [1.82, 2.24) is 15.0 Å². The lowest BCUT2D eigenvalue weighted by atomic mass is 10.2. The zero-order valence-electron chi connectivity index (χ0n) is 24.0. The van der Waals surface area contributed by atoms with Crippen molar-refractivity contribution in [2.75, 3.05) is 23.4 Å². The van der Waals surface area contributed by atoms with E-state index in [2.05, 4.69) is 22.2 Å². The van der Waals surface area contributed by atoms with Crippen molar-refractivity contribution in [3.63, 3.8) is 0 Å². The largest absolute Gasteiger partial charge is 0.466 e. The molecule has 0 unspecified atom stereocenters. The van der Waals surface area contributed by atoms with E-state index in [1.165, 1.54) is 4.90 Å². The molecule has 0 atom stereocenters. The maximum atomic E-state index is 13.3. The molecule has 0 saturated carbocycles. The number of amides is 1. The van der Waals surface area contributed by atoms with E-state index in [0.29, 0.717) is 47.2 Å². The van der Waals surface area contributed by atoms with Gasteiger partial charge in [-0.15, -0.1) is 0 Å². The number of hydrogen-bond acceptors (Lipinski definition) is 8. The van der Waals surface area contributed by atoms with Crippen LogP contribution in [0.3, 0.4) is 0 Å². The molecule has 0 saturated heterocycles. The van der Waals surface area contributed by atoms with Crippen LogP contribution in [0.1, 0.15) is 56.0 Å². The van der Waals surface area contributed by atoms with Crippen molar-refractivity contribution < 1.29 is 19.1 Å². The predicted octanol–water partition coefficient (Wildman–Crippen LogP) is 5.68. The van der Waals surface area contributed by atoms with E-state index in [4.69, 9.17) is 25.6 Å². The van der Waals surface area contributed by atoms with Gasteiger partial charge in [-0.25, -0.2) is 14.8 Å². The number of aryl methyl sites for hydroxylation is 1. The molecule has 2 aromatic carbocycles. The minimum Gasteiger partial charge on any atom is -0.466 e. The molecule has 0 radical (unpaired) electrons. The summed E-state index contributed by atoms with van der Waals surface area (Å²) in [5.74, 6) is 1.09. The maximum Gasteiger partial charge on any atom is 0.420 e. The Hall–Kier alpha value is -4.93. The van der Waals surface area contributed by atoms with Crippen LogP contribution in [0.2, 0.25) is 0 Å². The number of benzene rings is 2. The third kappa shape index (κ3) is 8.06. The second kappa shape index (κ2) is 14.6. The minimum absolute atomic E-state index is 0.0182. The molecule has 0 aliphatic rings. The Morgan fingerprint density at radius 1 is 1.07 bits per heavy atom. The van der Waals surface area contributed by atoms with Gasteiger partial charge in [0.15, 0.2) is 0 Å². The number of nitrogens with two attached hydrogens (primary N) is 1. The van der Waals surface area contributed by atoms with Gasteiger partial charge in [-0.3, -0.25) is 15.1 Å². The number of carbonyl (C=O) groups is 2. The van der Waals surface area contributed by atoms with Crippen molar-refractivity contribution in [3.05, 3.63) is 77.7 Å². The SMILES string of the molecule is CCCCCCOC(=O)CCN(C(=O)Oc1ccc2[nH]c(CNc3ccc(C(=N)N)cc3)nc2c1C)c1ccccn1. The number of aromatic nitrogens is 3. The number of hydrogen-bond donors (Lipinski definition) is 4. The standard InChI is InChI=1S/C31H37N7O4/c1-3-4-5-8-19-41-28(39)16-18-38(27-9-6-7-17-34-27)31(40)42-25-15-14-24-29(21(25)2)37-26(36-24)20-35-23-12-10-22(11-13-23)30(32)33/h6-7,9-15,17,35H,3-5,8,16,18-20H2,1-2H3,(H3,32,33)(H,36,37). The van der Waals surface area contributed by atoms with E-state index < -0.39 is 6.09 Å². The lowest BCUT2D eigenvalue weighted by Gasteiger charge is -2.21. The van der Waals surface area contributed by atoms with Crippen molar-refractivity contribution in [2.45, 2.75) is 52.5 Å². The van der Waals surface area contributed by atoms with E-state index >= 15 is 0 Å². The Balaban J connectivity index is 1.41. The number of carbonyl (C=O) groups excluding carboxylic acids is 2. The van der Waals surface area contributed by atoms with Gasteiger partial charge in [-0.05, 0) is 61.9 Å². The first-order valence-corrected chi connectivity index (χ1v) is 14.1. The van der Waals surface area contributed by atoms with Gasteiger partial charge in [-0.2, -0.15) is 0 Å². The highest BCUT2D eigenvalue weighted by Crippen LogP contribution is 2.27. The quantitative estimate of drug-likeness (QED) is 0.0651. The molecule has 11 heteroatoms. The van der Waals surface area contributed by atoms with Gasteiger partial charge in [0.05, 0.1) is 30.6 Å². The fourth-order valence-electron chi connectivity index (χ4n) is 4.34. The van der Waals surface area contributed by atoms with E-state index in [1.807, 2.05) is 25.1 Å². The number of nitrogens with one attached hydrogen (secondary N) is 3. The summed E-state index contributed by atoms with van der Waals surface area (Å²) in [6, 6.07) is 16.0. The van der Waals surface area contributed by atoms with Crippen molar-refractivity contribution in [1.29, 1.82) is 5.41 Å². The number of aromatic amines is 1. The number of unbranched alkanes of at least 4 members (excludes halogenated alkanes) is 3. The Morgan fingerprint density at radius 2 is 1.88 bits per heavy atom. The van der Waals surface area contributed by atoms with Crippen LogP contribution in [0, 0.1) is 12.3 Å². The number of anilines is 2. The summed E-state index contributed by atoms with van der Waals surface area (Å²) in [5, 5.41) is 10.8. The summed E-state index contributed by atoms with van der Waals surface area (Å²) in [6.07, 6.45) is 5.00. The van der Waals surface area contributed by atoms with Gasteiger partial charge < -0.3 is 25.5 Å². The van der Waals surface area contributed by atoms with Gasteiger partial charge in [0.1, 0.15) is 23.2 Å². The number of imidazole rings is 1. The molecular weight excluding hydrogens is 534 g/mol. The smallest absolute Gasteiger partial charge is 0.420 e. The first-order valence-electron chi connectivity index (χ1n) is 14.1. The van der Waals surface area contributed by atoms with Gasteiger partial charge in [0.2, 0.25) is 0 Å². The molecule has 4 rings (SSSR count). The predicted molar refractivity (Wildman–Crippen MR) is 163 cm³/mol. The highest BCUT2D eigenvalue weighted by Gasteiger charge is 2.22. The highest BCUT2D eigenvalue weighted by atomic mass is 16.6. The summed E-state index contributed by atoms with van der Waals surface area (Å²) >= 11 is 0. The molecule has 2 heterocycles. The zero-order chi connectivity index (χ0) is 29.9. The molecule has 4 aromatic rings. The number of rotatable bonds is 14. The zero-order valence-corrected chi connectivity index (χ0v) is 24.0. The second-order valence-electron chi connectivity index (χ2n) is 9.85. The van der Waals surface area contributed by atoms with E-state index in [9.17, 15) is 9.59 Å². The van der Waals surface area contributed by atoms with Crippen LogP contribution in [0.15, 0.2) is 60.8 Å². The third-order valence-corrected chi connectivity index (χ3v) is 6.71. The molecule has 2 aromatic heterocycles. The summed E-state index contributed by atoms with van der Waals surface area (Å²) in [7, 11) is 0. The van der Waals surface area contributed by atoms with Gasteiger partial charge >= 0.3 is 12.1 Å². The van der Waals surface area contributed by atoms with E-state index in [1.54, 1.807) is 42.6 Å². The lowest BCUT2D eigenvalue weighted by Crippen LogP contribution is -2.36. The minimum atomic E-state index is -0.654. The summed E-state index contributed by atoms with van der Waals surface area (Å²) in [5.41, 5.74) is 9.22. The molecule has 0 fully saturated rings. The summed E-state index contributed by atoms with van der Waals surface area (Å²) in [6.45, 7) is 4.84. The average Bonchev–Trinajstić information content (AvgIpc) is 3.42. The fourth-order valence-corrected chi connectivity index (χ4v) is 4.34. The Bertz CT molecular complexity index is 1500. The first kappa shape index (κ1) is 30.0. The normalized spacial score (nSPS) is 10.8. The van der Waals surface area contributed by atoms with Crippen molar-refractivity contribution >= 4 is 40.4 Å². The molecule has 0 bridgehead atoms. The first-order chi connectivity index (χ1) is 20.4. The number of H-pyrrole nitrogens is 1. The van der Waals surface area contributed by atoms with Gasteiger partial charge in [0, 0.05) is 29.6 Å². The topological polar surface area (TPSA) is 159 Å². The monoisotopic (exact) mass is 571 g/mol. The van der Waals surface area contributed by atoms with Crippen LogP contribution in [0.5, 0.6) is 5.75 Å². The van der Waals surface area contributed by atoms with Crippen LogP contribution in [0.4, 0.5) is 16.3 Å². The van der Waals surface area contributed by atoms with Crippen LogP contribution in [-0.4, -0.2) is 46.0 Å².